The first-order chi connectivity index (χ1) is 6.11. The van der Waals surface area contributed by atoms with Gasteiger partial charge in [-0.3, -0.25) is 10.1 Å². The van der Waals surface area contributed by atoms with Crippen LogP contribution in [0.15, 0.2) is 18.2 Å². The fourth-order valence-corrected chi connectivity index (χ4v) is 0.812. The van der Waals surface area contributed by atoms with Crippen LogP contribution in [0, 0.1) is 27.8 Å². The lowest BCUT2D eigenvalue weighted by Gasteiger charge is -1.96. The molecule has 7 heteroatoms. The van der Waals surface area contributed by atoms with Gasteiger partial charge in [0.2, 0.25) is 0 Å². The molecule has 6 nitrogen and oxygen atoms in total. The first-order valence-electron chi connectivity index (χ1n) is 3.32. The smallest absolute Gasteiger partial charge is 0.292 e. The Morgan fingerprint density at radius 3 is 2.29 bits per heavy atom. The van der Waals surface area contributed by atoms with Crippen LogP contribution in [0.2, 0.25) is 0 Å². The Morgan fingerprint density at radius 2 is 1.93 bits per heavy atom. The second-order valence-electron chi connectivity index (χ2n) is 2.32. The van der Waals surface area contributed by atoms with Crippen molar-refractivity contribution in [3.8, 4) is 0 Å². The summed E-state index contributed by atoms with van der Waals surface area (Å²) in [6.45, 7) is 1.78. The minimum atomic E-state index is -0.484. The third-order valence-electron chi connectivity index (χ3n) is 1.38. The maximum Gasteiger partial charge on any atom is 0.292 e. The van der Waals surface area contributed by atoms with Gasteiger partial charge in [0.15, 0.2) is 0 Å². The minimum absolute atomic E-state index is 0. The monoisotopic (exact) mass is 216 g/mol. The van der Waals surface area contributed by atoms with Crippen molar-refractivity contribution in [2.45, 2.75) is 6.92 Å². The number of hydrogen-bond acceptors (Lipinski definition) is 5. The van der Waals surface area contributed by atoms with Gasteiger partial charge in [0.1, 0.15) is 5.69 Å². The second-order valence-corrected chi connectivity index (χ2v) is 2.32. The largest absolute Gasteiger partial charge is 0.393 e. The second kappa shape index (κ2) is 6.62. The fraction of sp³-hybridized carbons (Fsp3) is 0.143. The molecular formula is C7H9ClN4O2. The number of nitrogens with zero attached hydrogens (tertiary/aromatic N) is 3. The van der Waals surface area contributed by atoms with Gasteiger partial charge in [-0.05, 0) is 18.6 Å². The predicted molar refractivity (Wildman–Crippen MR) is 52.9 cm³/mol. The summed E-state index contributed by atoms with van der Waals surface area (Å²) in [6, 6.07) is 4.73. The summed E-state index contributed by atoms with van der Waals surface area (Å²) >= 11 is 0. The number of nitrogens with two attached hydrogens (primary N) is 1. The molecule has 0 spiro atoms. The van der Waals surface area contributed by atoms with E-state index in [1.165, 1.54) is 12.1 Å². The van der Waals surface area contributed by atoms with Crippen molar-refractivity contribution in [3.63, 3.8) is 0 Å². The molecule has 0 saturated carbocycles. The lowest BCUT2D eigenvalue weighted by Crippen LogP contribution is -1.95. The number of hydrogen-bond donors (Lipinski definition) is 1. The summed E-state index contributed by atoms with van der Waals surface area (Å²) in [4.78, 5) is 9.82. The van der Waals surface area contributed by atoms with Crippen molar-refractivity contribution in [3.05, 3.63) is 33.9 Å². The number of nitro groups is 1. The molecule has 0 radical (unpaired) electrons. The molecule has 0 aliphatic carbocycles. The number of anilines is 1. The van der Waals surface area contributed by atoms with E-state index in [-0.39, 0.29) is 23.8 Å². The van der Waals surface area contributed by atoms with Gasteiger partial charge in [-0.2, -0.15) is 0 Å². The highest BCUT2D eigenvalue weighted by Gasteiger charge is 2.09. The Hall–Kier alpha value is -1.87. The van der Waals surface area contributed by atoms with Crippen LogP contribution in [0.5, 0.6) is 0 Å². The summed E-state index contributed by atoms with van der Waals surface area (Å²) < 4.78 is 0. The van der Waals surface area contributed by atoms with Crippen LogP contribution in [0.1, 0.15) is 5.56 Å². The topological polar surface area (TPSA) is 117 Å². The molecule has 0 saturated heterocycles. The van der Waals surface area contributed by atoms with Crippen molar-refractivity contribution >= 4 is 23.8 Å². The summed E-state index contributed by atoms with van der Waals surface area (Å²) in [5.74, 6) is 0. The molecule has 1 rings (SSSR count). The van der Waals surface area contributed by atoms with Crippen molar-refractivity contribution in [2.75, 3.05) is 5.73 Å². The predicted octanol–water partition coefficient (Wildman–Crippen LogP) is 1.94. The summed E-state index contributed by atoms with van der Waals surface area (Å²) in [6.07, 6.45) is 0. The van der Waals surface area contributed by atoms with E-state index in [0.717, 1.165) is 5.56 Å². The Bertz CT molecular complexity index is 340. The molecule has 0 fully saturated rings. The van der Waals surface area contributed by atoms with E-state index in [1.54, 1.807) is 13.0 Å². The van der Waals surface area contributed by atoms with Crippen molar-refractivity contribution in [2.24, 2.45) is 0 Å². The number of halogens is 1. The zero-order valence-corrected chi connectivity index (χ0v) is 8.19. The van der Waals surface area contributed by atoms with Gasteiger partial charge >= 0.3 is 0 Å². The molecule has 0 amide bonds. The summed E-state index contributed by atoms with van der Waals surface area (Å²) in [5.41, 5.74) is 6.37. The van der Waals surface area contributed by atoms with E-state index >= 15 is 0 Å². The third kappa shape index (κ3) is 3.69. The van der Waals surface area contributed by atoms with E-state index in [1.807, 2.05) is 0 Å². The van der Waals surface area contributed by atoms with Crippen LogP contribution in [-0.4, -0.2) is 4.92 Å². The molecule has 0 aromatic heterocycles. The molecule has 1 aromatic rings. The molecule has 1 aromatic carbocycles. The molecule has 0 atom stereocenters. The van der Waals surface area contributed by atoms with Gasteiger partial charge in [-0.15, -0.1) is 12.4 Å². The van der Waals surface area contributed by atoms with Crippen LogP contribution in [0.25, 0.3) is 0 Å². The van der Waals surface area contributed by atoms with Crippen LogP contribution < -0.4 is 5.73 Å². The normalized spacial score (nSPS) is 7.64. The highest BCUT2D eigenvalue weighted by Crippen LogP contribution is 2.21. The standard InChI is InChI=1S/C7H8N2O2.ClH.N2/c1-5-2-3-6(8)7(4-5)9(10)11;;1-2/h2-4H,8H2,1H3;1H;. The van der Waals surface area contributed by atoms with Crippen molar-refractivity contribution in [1.82, 2.24) is 0 Å². The summed E-state index contributed by atoms with van der Waals surface area (Å²) in [7, 11) is 0. The van der Waals surface area contributed by atoms with Gasteiger partial charge in [0.05, 0.1) is 4.92 Å². The maximum absolute atomic E-state index is 10.3. The Morgan fingerprint density at radius 1 is 1.43 bits per heavy atom. The average Bonchev–Trinajstić information content (AvgIpc) is 2.12. The molecular weight excluding hydrogens is 208 g/mol. The lowest BCUT2D eigenvalue weighted by atomic mass is 10.2. The van der Waals surface area contributed by atoms with Gasteiger partial charge in [-0.25, -0.2) is 0 Å². The molecule has 0 aliphatic heterocycles. The molecule has 0 heterocycles. The lowest BCUT2D eigenvalue weighted by molar-refractivity contribution is -0.383. The van der Waals surface area contributed by atoms with Gasteiger partial charge < -0.3 is 5.73 Å². The molecule has 0 unspecified atom stereocenters. The number of benzene rings is 1. The maximum atomic E-state index is 10.3. The fourth-order valence-electron chi connectivity index (χ4n) is 0.812. The van der Waals surface area contributed by atoms with Crippen LogP contribution in [-0.2, 0) is 0 Å². The van der Waals surface area contributed by atoms with Crippen molar-refractivity contribution < 1.29 is 4.92 Å². The minimum Gasteiger partial charge on any atom is -0.393 e. The van der Waals surface area contributed by atoms with Gasteiger partial charge in [-0.1, -0.05) is 6.07 Å². The van der Waals surface area contributed by atoms with Gasteiger partial charge in [0, 0.05) is 16.9 Å². The summed E-state index contributed by atoms with van der Waals surface area (Å²) in [5, 5.41) is 22.3. The van der Waals surface area contributed by atoms with E-state index in [9.17, 15) is 10.1 Å². The quantitative estimate of drug-likeness (QED) is 0.333. The SMILES string of the molecule is Cc1ccc(N)c([N+](=O)[O-])c1.Cl.N#N. The molecule has 14 heavy (non-hydrogen) atoms. The van der Waals surface area contributed by atoms with E-state index in [4.69, 9.17) is 16.5 Å². The highest BCUT2D eigenvalue weighted by molar-refractivity contribution is 5.85. The van der Waals surface area contributed by atoms with E-state index in [0.29, 0.717) is 0 Å². The zero-order chi connectivity index (χ0) is 10.4. The molecule has 0 bridgehead atoms. The van der Waals surface area contributed by atoms with Crippen LogP contribution >= 0.6 is 12.4 Å². The van der Waals surface area contributed by atoms with E-state index < -0.39 is 4.92 Å². The number of rotatable bonds is 1. The zero-order valence-electron chi connectivity index (χ0n) is 7.38. The number of aryl methyl sites for hydroxylation is 1. The Balaban J connectivity index is 0. The number of nitro benzene ring substituents is 1. The first-order valence-corrected chi connectivity index (χ1v) is 3.32. The molecule has 0 aliphatic rings. The third-order valence-corrected chi connectivity index (χ3v) is 1.38. The Kier molecular flexibility index (Phi) is 6.93. The highest BCUT2D eigenvalue weighted by atomic mass is 35.5. The first kappa shape index (κ1) is 14.6. The molecule has 2 N–H and O–H groups in total. The van der Waals surface area contributed by atoms with E-state index in [2.05, 4.69) is 0 Å². The van der Waals surface area contributed by atoms with Crippen LogP contribution in [0.3, 0.4) is 0 Å². The van der Waals surface area contributed by atoms with Crippen molar-refractivity contribution in [1.29, 1.82) is 10.8 Å². The van der Waals surface area contributed by atoms with Gasteiger partial charge in [0.25, 0.3) is 5.69 Å². The van der Waals surface area contributed by atoms with Crippen LogP contribution in [0.4, 0.5) is 11.4 Å². The average molecular weight is 217 g/mol. The Labute approximate surface area is 86.7 Å². The molecule has 76 valence electrons. The number of nitrogen functional groups attached to an aromatic ring is 1.